The predicted molar refractivity (Wildman–Crippen MR) is 138 cm³/mol. The first-order valence-electron chi connectivity index (χ1n) is 12.0. The van der Waals surface area contributed by atoms with E-state index in [4.69, 9.17) is 4.74 Å². The average Bonchev–Trinajstić information content (AvgIpc) is 2.86. The van der Waals surface area contributed by atoms with E-state index < -0.39 is 11.9 Å². The fraction of sp³-hybridized carbons (Fsp3) is 0.286. The Morgan fingerprint density at radius 1 is 0.857 bits per heavy atom. The lowest BCUT2D eigenvalue weighted by atomic mass is 10.0. The van der Waals surface area contributed by atoms with E-state index >= 15 is 0 Å². The lowest BCUT2D eigenvalue weighted by Crippen LogP contribution is -2.25. The molecule has 0 saturated carbocycles. The molecule has 3 aromatic rings. The molecule has 0 saturated heterocycles. The zero-order valence-electron chi connectivity index (χ0n) is 20.0. The van der Waals surface area contributed by atoms with Crippen molar-refractivity contribution in [1.29, 1.82) is 0 Å². The van der Waals surface area contributed by atoms with E-state index in [2.05, 4.69) is 48.3 Å². The molecular weight excluding hydrogens is 444 g/mol. The number of hydrogen-bond acceptors (Lipinski definition) is 5. The Morgan fingerprint density at radius 2 is 1.57 bits per heavy atom. The smallest absolute Gasteiger partial charge is 0.337 e. The summed E-state index contributed by atoms with van der Waals surface area (Å²) in [5, 5.41) is 22.1. The van der Waals surface area contributed by atoms with Crippen molar-refractivity contribution in [3.63, 3.8) is 0 Å². The minimum Gasteiger partial charge on any atom is -0.478 e. The number of anilines is 3. The van der Waals surface area contributed by atoms with Crippen LogP contribution in [0.5, 0.6) is 11.5 Å². The van der Waals surface area contributed by atoms with Gasteiger partial charge in [0.1, 0.15) is 0 Å². The average molecular weight is 475 g/mol. The summed E-state index contributed by atoms with van der Waals surface area (Å²) in [6, 6.07) is 16.6. The van der Waals surface area contributed by atoms with Crippen LogP contribution in [0.25, 0.3) is 11.1 Å². The standard InChI is InChI=1S/C28H30N2O5/c1-3-5-12-30(13-6-4-2)21-9-7-8-18(14-21)19-10-11-23-24(16-19)35-25-17-20(27(31)32)15-22(28(33)34)26(25)29-23/h7-11,14-17,29H,3-6,12-13H2,1-2H3,(H,31,32)(H,33,34). The molecule has 7 nitrogen and oxygen atoms in total. The molecule has 3 aromatic carbocycles. The van der Waals surface area contributed by atoms with Crippen LogP contribution in [-0.4, -0.2) is 35.2 Å². The van der Waals surface area contributed by atoms with Gasteiger partial charge >= 0.3 is 11.9 Å². The number of hydrogen-bond donors (Lipinski definition) is 3. The third kappa shape index (κ3) is 5.24. The molecule has 35 heavy (non-hydrogen) atoms. The van der Waals surface area contributed by atoms with E-state index in [-0.39, 0.29) is 22.6 Å². The van der Waals surface area contributed by atoms with Crippen LogP contribution in [0, 0.1) is 0 Å². The van der Waals surface area contributed by atoms with Gasteiger partial charge in [-0.25, -0.2) is 9.59 Å². The van der Waals surface area contributed by atoms with E-state index in [1.165, 1.54) is 11.8 Å². The van der Waals surface area contributed by atoms with Gasteiger partial charge in [0, 0.05) is 18.8 Å². The highest BCUT2D eigenvalue weighted by atomic mass is 16.5. The monoisotopic (exact) mass is 474 g/mol. The van der Waals surface area contributed by atoms with E-state index in [9.17, 15) is 19.8 Å². The second-order valence-electron chi connectivity index (χ2n) is 8.69. The Labute approximate surface area is 205 Å². The molecule has 1 heterocycles. The number of aromatic carboxylic acids is 2. The lowest BCUT2D eigenvalue weighted by Gasteiger charge is -2.26. The van der Waals surface area contributed by atoms with Crippen molar-refractivity contribution in [1.82, 2.24) is 0 Å². The maximum atomic E-state index is 11.7. The molecule has 7 heteroatoms. The first-order valence-corrected chi connectivity index (χ1v) is 12.0. The number of rotatable bonds is 10. The van der Waals surface area contributed by atoms with Crippen molar-refractivity contribution in [2.24, 2.45) is 0 Å². The Balaban J connectivity index is 1.66. The molecule has 0 radical (unpaired) electrons. The van der Waals surface area contributed by atoms with Gasteiger partial charge in [0.25, 0.3) is 0 Å². The Kier molecular flexibility index (Phi) is 7.25. The lowest BCUT2D eigenvalue weighted by molar-refractivity contribution is 0.0696. The third-order valence-electron chi connectivity index (χ3n) is 6.15. The first kappa shape index (κ1) is 24.1. The summed E-state index contributed by atoms with van der Waals surface area (Å²) in [4.78, 5) is 25.7. The molecule has 0 fully saturated rings. The molecule has 4 rings (SSSR count). The van der Waals surface area contributed by atoms with Gasteiger partial charge in [-0.05, 0) is 60.4 Å². The predicted octanol–water partition coefficient (Wildman–Crippen LogP) is 7.01. The van der Waals surface area contributed by atoms with Gasteiger partial charge in [-0.1, -0.05) is 44.9 Å². The maximum absolute atomic E-state index is 11.7. The fourth-order valence-corrected chi connectivity index (χ4v) is 4.21. The Morgan fingerprint density at radius 3 is 2.23 bits per heavy atom. The summed E-state index contributed by atoms with van der Waals surface area (Å²) in [6.07, 6.45) is 4.57. The normalized spacial score (nSPS) is 11.6. The number of benzene rings is 3. The molecule has 0 bridgehead atoms. The summed E-state index contributed by atoms with van der Waals surface area (Å²) in [6.45, 7) is 6.44. The van der Waals surface area contributed by atoms with Crippen LogP contribution in [0.15, 0.2) is 54.6 Å². The van der Waals surface area contributed by atoms with Crippen molar-refractivity contribution in [2.45, 2.75) is 39.5 Å². The number of unbranched alkanes of at least 4 members (excludes halogenated alkanes) is 2. The third-order valence-corrected chi connectivity index (χ3v) is 6.15. The van der Waals surface area contributed by atoms with Gasteiger partial charge in [-0.3, -0.25) is 0 Å². The van der Waals surface area contributed by atoms with E-state index in [0.29, 0.717) is 11.4 Å². The molecule has 182 valence electrons. The first-order chi connectivity index (χ1) is 16.9. The second kappa shape index (κ2) is 10.5. The van der Waals surface area contributed by atoms with Gasteiger partial charge in [0.15, 0.2) is 11.5 Å². The van der Waals surface area contributed by atoms with Crippen molar-refractivity contribution in [2.75, 3.05) is 23.3 Å². The molecule has 0 spiro atoms. The van der Waals surface area contributed by atoms with E-state index in [0.717, 1.165) is 56.0 Å². The molecule has 0 unspecified atom stereocenters. The number of carboxylic acid groups (broad SMARTS) is 2. The molecule has 1 aliphatic heterocycles. The van der Waals surface area contributed by atoms with E-state index in [1.807, 2.05) is 18.2 Å². The van der Waals surface area contributed by atoms with Gasteiger partial charge < -0.3 is 25.2 Å². The molecule has 0 amide bonds. The molecular formula is C28H30N2O5. The highest BCUT2D eigenvalue weighted by molar-refractivity contribution is 6.02. The van der Waals surface area contributed by atoms with Crippen LogP contribution in [0.2, 0.25) is 0 Å². The SMILES string of the molecule is CCCCN(CCCC)c1cccc(-c2ccc3c(c2)Oc2cc(C(=O)O)cc(C(=O)O)c2N3)c1. The summed E-state index contributed by atoms with van der Waals surface area (Å²) in [7, 11) is 0. The number of carboxylic acids is 2. The van der Waals surface area contributed by atoms with Crippen molar-refractivity contribution < 1.29 is 24.5 Å². The maximum Gasteiger partial charge on any atom is 0.337 e. The number of carbonyl (C=O) groups is 2. The Hall–Kier alpha value is -4.00. The van der Waals surface area contributed by atoms with Crippen molar-refractivity contribution >= 4 is 29.0 Å². The molecule has 0 atom stereocenters. The van der Waals surface area contributed by atoms with Crippen LogP contribution in [0.4, 0.5) is 17.1 Å². The molecule has 0 aliphatic carbocycles. The van der Waals surface area contributed by atoms with E-state index in [1.54, 1.807) is 0 Å². The number of ether oxygens (including phenoxy) is 1. The molecule has 1 aliphatic rings. The van der Waals surface area contributed by atoms with Crippen LogP contribution >= 0.6 is 0 Å². The summed E-state index contributed by atoms with van der Waals surface area (Å²) < 4.78 is 6.01. The van der Waals surface area contributed by atoms with Crippen LogP contribution in [-0.2, 0) is 0 Å². The van der Waals surface area contributed by atoms with Gasteiger partial charge in [-0.15, -0.1) is 0 Å². The highest BCUT2D eigenvalue weighted by Gasteiger charge is 2.25. The fourth-order valence-electron chi connectivity index (χ4n) is 4.21. The van der Waals surface area contributed by atoms with Gasteiger partial charge in [0.05, 0.1) is 22.5 Å². The summed E-state index contributed by atoms with van der Waals surface area (Å²) in [5.74, 6) is -1.77. The van der Waals surface area contributed by atoms with Gasteiger partial charge in [-0.2, -0.15) is 0 Å². The Bertz CT molecular complexity index is 1250. The largest absolute Gasteiger partial charge is 0.478 e. The van der Waals surface area contributed by atoms with Crippen molar-refractivity contribution in [3.8, 4) is 22.6 Å². The molecule has 0 aromatic heterocycles. The molecule has 3 N–H and O–H groups in total. The highest BCUT2D eigenvalue weighted by Crippen LogP contribution is 2.45. The van der Waals surface area contributed by atoms with Crippen LogP contribution in [0.1, 0.15) is 60.2 Å². The zero-order valence-corrected chi connectivity index (χ0v) is 20.0. The second-order valence-corrected chi connectivity index (χ2v) is 8.69. The van der Waals surface area contributed by atoms with Crippen LogP contribution in [0.3, 0.4) is 0 Å². The summed E-state index contributed by atoms with van der Waals surface area (Å²) in [5.41, 5.74) is 3.75. The minimum absolute atomic E-state index is 0.144. The minimum atomic E-state index is -1.23. The number of nitrogens with one attached hydrogen (secondary N) is 1. The number of fused-ring (bicyclic) bond motifs is 2. The topological polar surface area (TPSA) is 99.1 Å². The zero-order chi connectivity index (χ0) is 24.9. The summed E-state index contributed by atoms with van der Waals surface area (Å²) >= 11 is 0. The van der Waals surface area contributed by atoms with Crippen LogP contribution < -0.4 is 15.0 Å². The van der Waals surface area contributed by atoms with Gasteiger partial charge in [0.2, 0.25) is 0 Å². The quantitative estimate of drug-likeness (QED) is 0.227. The van der Waals surface area contributed by atoms with Crippen molar-refractivity contribution in [3.05, 3.63) is 65.7 Å². The number of nitrogens with zero attached hydrogens (tertiary/aromatic N) is 1.